The molecule has 11 heteroatoms. The second-order valence-electron chi connectivity index (χ2n) is 9.28. The summed E-state index contributed by atoms with van der Waals surface area (Å²) in [5.74, 6) is -0.285. The molecule has 1 unspecified atom stereocenters. The number of hydrogen-bond acceptors (Lipinski definition) is 8. The summed E-state index contributed by atoms with van der Waals surface area (Å²) >= 11 is 6.40. The quantitative estimate of drug-likeness (QED) is 0.495. The molecule has 5 rings (SSSR count). The Hall–Kier alpha value is -2.37. The molecule has 182 valence electrons. The lowest BCUT2D eigenvalue weighted by Crippen LogP contribution is -2.48. The number of anilines is 1. The fourth-order valence-electron chi connectivity index (χ4n) is 4.29. The van der Waals surface area contributed by atoms with Crippen LogP contribution in [0.3, 0.4) is 0 Å². The average Bonchev–Trinajstić information content (AvgIpc) is 3.41. The van der Waals surface area contributed by atoms with Crippen molar-refractivity contribution in [3.05, 3.63) is 35.0 Å². The Bertz CT molecular complexity index is 1330. The molecule has 2 aliphatic heterocycles. The molecule has 2 fully saturated rings. The van der Waals surface area contributed by atoms with Crippen molar-refractivity contribution in [3.8, 4) is 11.3 Å². The van der Waals surface area contributed by atoms with Crippen LogP contribution in [0, 0.1) is 5.82 Å². The first-order valence-corrected chi connectivity index (χ1v) is 11.4. The van der Waals surface area contributed by atoms with Gasteiger partial charge in [-0.3, -0.25) is 0 Å². The number of nitrogens with zero attached hydrogens (tertiary/aromatic N) is 4. The average molecular weight is 494 g/mol. The van der Waals surface area contributed by atoms with E-state index in [1.807, 2.05) is 13.8 Å². The molecule has 0 aliphatic carbocycles. The zero-order valence-corrected chi connectivity index (χ0v) is 19.8. The van der Waals surface area contributed by atoms with Crippen LogP contribution in [0.1, 0.15) is 48.7 Å². The fourth-order valence-corrected chi connectivity index (χ4v) is 4.49. The SMILES string of the molecule is [2H]C1([2H])C(Nc2ncc(Cl)c(-c3cc(F)c4nc(C(C)(C)O)n(C(C)C)c4c3)n2)[C@H](O)[C@@H]2OC[C@H]1O2. The van der Waals surface area contributed by atoms with E-state index in [1.165, 1.54) is 12.3 Å². The topological polar surface area (TPSA) is 115 Å². The highest BCUT2D eigenvalue weighted by atomic mass is 35.5. The number of halogens is 2. The molecule has 0 radical (unpaired) electrons. The van der Waals surface area contributed by atoms with Crippen molar-refractivity contribution in [2.45, 2.75) is 70.3 Å². The molecule has 1 aromatic carbocycles. The standard InChI is InChI=1S/C23H27ClFN5O4/c1-10(2)30-16-6-11(5-14(25)18(16)28-21(30)23(3,4)32)17-13(24)8-26-22(29-17)27-15-7-12-9-33-20(34-12)19(15)31/h5-6,8,10,12,15,19-20,31-32H,7,9H2,1-4H3,(H,26,27,29)/t12-,15?,19-,20+/m0/s1/i7D2. The molecule has 2 aliphatic rings. The highest BCUT2D eigenvalue weighted by Gasteiger charge is 2.43. The van der Waals surface area contributed by atoms with Gasteiger partial charge < -0.3 is 29.6 Å². The molecule has 3 N–H and O–H groups in total. The van der Waals surface area contributed by atoms with Gasteiger partial charge in [0.1, 0.15) is 23.0 Å². The second kappa shape index (κ2) is 8.39. The summed E-state index contributed by atoms with van der Waals surface area (Å²) in [5.41, 5.74) is -0.170. The Morgan fingerprint density at radius 3 is 2.82 bits per heavy atom. The Labute approximate surface area is 203 Å². The maximum absolute atomic E-state index is 15.3. The molecular formula is C23H27ClFN5O4. The number of benzene rings is 1. The van der Waals surface area contributed by atoms with Gasteiger partial charge in [-0.25, -0.2) is 19.3 Å². The van der Waals surface area contributed by atoms with Gasteiger partial charge in [-0.05, 0) is 46.2 Å². The number of hydrogen-bond donors (Lipinski definition) is 3. The molecule has 34 heavy (non-hydrogen) atoms. The van der Waals surface area contributed by atoms with E-state index in [0.717, 1.165) is 0 Å². The van der Waals surface area contributed by atoms with Crippen molar-refractivity contribution in [2.75, 3.05) is 11.9 Å². The van der Waals surface area contributed by atoms with Crippen molar-refractivity contribution in [2.24, 2.45) is 0 Å². The minimum Gasteiger partial charge on any atom is -0.386 e. The number of imidazole rings is 1. The van der Waals surface area contributed by atoms with E-state index in [2.05, 4.69) is 20.3 Å². The summed E-state index contributed by atoms with van der Waals surface area (Å²) in [6.45, 7) is 7.02. The highest BCUT2D eigenvalue weighted by Crippen LogP contribution is 2.35. The Morgan fingerprint density at radius 2 is 2.12 bits per heavy atom. The Kier molecular flexibility index (Phi) is 5.17. The van der Waals surface area contributed by atoms with Gasteiger partial charge in [-0.2, -0.15) is 0 Å². The Balaban J connectivity index is 1.57. The van der Waals surface area contributed by atoms with Crippen LogP contribution in [-0.2, 0) is 15.1 Å². The fraction of sp³-hybridized carbons (Fsp3) is 0.522. The smallest absolute Gasteiger partial charge is 0.223 e. The summed E-state index contributed by atoms with van der Waals surface area (Å²) < 4.78 is 44.6. The number of aliphatic hydroxyl groups is 2. The lowest BCUT2D eigenvalue weighted by Gasteiger charge is -2.32. The van der Waals surface area contributed by atoms with E-state index < -0.39 is 42.3 Å². The van der Waals surface area contributed by atoms with Crippen LogP contribution in [0.4, 0.5) is 10.3 Å². The molecule has 0 saturated carbocycles. The summed E-state index contributed by atoms with van der Waals surface area (Å²) in [4.78, 5) is 12.9. The monoisotopic (exact) mass is 493 g/mol. The van der Waals surface area contributed by atoms with E-state index in [4.69, 9.17) is 23.8 Å². The molecule has 0 spiro atoms. The number of rotatable bonds is 5. The predicted molar refractivity (Wildman–Crippen MR) is 124 cm³/mol. The van der Waals surface area contributed by atoms with Crippen LogP contribution in [-0.4, -0.2) is 60.9 Å². The highest BCUT2D eigenvalue weighted by molar-refractivity contribution is 6.33. The summed E-state index contributed by atoms with van der Waals surface area (Å²) in [6, 6.07) is 1.70. The third-order valence-electron chi connectivity index (χ3n) is 5.81. The maximum Gasteiger partial charge on any atom is 0.223 e. The number of nitrogens with one attached hydrogen (secondary N) is 1. The molecule has 2 bridgehead atoms. The first-order chi connectivity index (χ1) is 16.8. The van der Waals surface area contributed by atoms with Crippen LogP contribution in [0.5, 0.6) is 0 Å². The Morgan fingerprint density at radius 1 is 1.35 bits per heavy atom. The molecule has 2 aromatic heterocycles. The van der Waals surface area contributed by atoms with E-state index >= 15 is 4.39 Å². The van der Waals surface area contributed by atoms with Crippen molar-refractivity contribution in [3.63, 3.8) is 0 Å². The summed E-state index contributed by atoms with van der Waals surface area (Å²) in [5, 5.41) is 24.2. The van der Waals surface area contributed by atoms with Gasteiger partial charge in [-0.15, -0.1) is 0 Å². The first-order valence-electron chi connectivity index (χ1n) is 12.0. The van der Waals surface area contributed by atoms with E-state index in [0.29, 0.717) is 16.9 Å². The van der Waals surface area contributed by atoms with Crippen LogP contribution in [0.2, 0.25) is 5.02 Å². The zero-order chi connectivity index (χ0) is 26.2. The van der Waals surface area contributed by atoms with Crippen molar-refractivity contribution >= 4 is 28.6 Å². The van der Waals surface area contributed by atoms with Crippen molar-refractivity contribution in [1.29, 1.82) is 0 Å². The first kappa shape index (κ1) is 21.0. The van der Waals surface area contributed by atoms with Gasteiger partial charge in [0.05, 0.1) is 41.2 Å². The third kappa shape index (κ3) is 4.03. The second-order valence-corrected chi connectivity index (χ2v) is 9.69. The number of ether oxygens (including phenoxy) is 2. The normalized spacial score (nSPS) is 27.2. The van der Waals surface area contributed by atoms with E-state index in [9.17, 15) is 10.2 Å². The van der Waals surface area contributed by atoms with Gasteiger partial charge in [0.25, 0.3) is 0 Å². The number of aromatic nitrogens is 4. The lowest BCUT2D eigenvalue weighted by molar-refractivity contribution is -0.156. The molecule has 4 atom stereocenters. The van der Waals surface area contributed by atoms with Crippen molar-refractivity contribution < 1.29 is 26.8 Å². The minimum atomic E-state index is -1.97. The van der Waals surface area contributed by atoms with Gasteiger partial charge in [-0.1, -0.05) is 11.6 Å². The lowest BCUT2D eigenvalue weighted by atomic mass is 10.0. The van der Waals surface area contributed by atoms with Gasteiger partial charge >= 0.3 is 0 Å². The summed E-state index contributed by atoms with van der Waals surface area (Å²) in [6.07, 6.45) is -3.77. The van der Waals surface area contributed by atoms with Crippen LogP contribution >= 0.6 is 11.6 Å². The van der Waals surface area contributed by atoms with Gasteiger partial charge in [0.2, 0.25) is 5.95 Å². The number of fused-ring (bicyclic) bond motifs is 3. The van der Waals surface area contributed by atoms with E-state index in [1.54, 1.807) is 24.5 Å². The largest absolute Gasteiger partial charge is 0.386 e. The maximum atomic E-state index is 15.3. The number of aliphatic hydroxyl groups excluding tert-OH is 1. The summed E-state index contributed by atoms with van der Waals surface area (Å²) in [7, 11) is 0. The van der Waals surface area contributed by atoms with E-state index in [-0.39, 0.29) is 34.8 Å². The molecule has 0 amide bonds. The predicted octanol–water partition coefficient (Wildman–Crippen LogP) is 3.38. The van der Waals surface area contributed by atoms with Crippen LogP contribution in [0.25, 0.3) is 22.3 Å². The van der Waals surface area contributed by atoms with Gasteiger partial charge in [0, 0.05) is 14.3 Å². The minimum absolute atomic E-state index is 0.00122. The van der Waals surface area contributed by atoms with Gasteiger partial charge in [0.15, 0.2) is 12.1 Å². The molecular weight excluding hydrogens is 465 g/mol. The van der Waals surface area contributed by atoms with Crippen molar-refractivity contribution in [1.82, 2.24) is 19.5 Å². The molecule has 4 heterocycles. The molecule has 2 saturated heterocycles. The van der Waals surface area contributed by atoms with Crippen LogP contribution < -0.4 is 5.32 Å². The molecule has 9 nitrogen and oxygen atoms in total. The zero-order valence-electron chi connectivity index (χ0n) is 21.1. The van der Waals surface area contributed by atoms with Crippen LogP contribution in [0.15, 0.2) is 18.3 Å². The molecule has 3 aromatic rings. The third-order valence-corrected chi connectivity index (χ3v) is 6.09.